The zero-order chi connectivity index (χ0) is 17.3. The average Bonchev–Trinajstić information content (AvgIpc) is 2.96. The van der Waals surface area contributed by atoms with Crippen LogP contribution in [-0.2, 0) is 6.54 Å². The minimum absolute atomic E-state index is 0.116. The Balaban J connectivity index is 1.45. The van der Waals surface area contributed by atoms with Gasteiger partial charge in [0.05, 0.1) is 6.10 Å². The van der Waals surface area contributed by atoms with Crippen molar-refractivity contribution < 1.29 is 5.11 Å². The third-order valence-corrected chi connectivity index (χ3v) is 6.04. The Labute approximate surface area is 149 Å². The Morgan fingerprint density at radius 2 is 1.92 bits per heavy atom. The standard InChI is InChI=1S/C21H27N3O/c1-16-6-2-3-7-18(16)20-22-12-17(13-23-20)14-24-11-5-10-21(15-24)9-4-8-19(21)25/h2-3,6-7,12-13,19,25H,4-5,8-11,14-15H2,1H3/t19-,21+/m1/s1. The topological polar surface area (TPSA) is 49.2 Å². The molecule has 2 fully saturated rings. The number of piperidine rings is 1. The van der Waals surface area contributed by atoms with E-state index < -0.39 is 0 Å². The molecule has 1 aromatic heterocycles. The zero-order valence-electron chi connectivity index (χ0n) is 15.0. The maximum Gasteiger partial charge on any atom is 0.159 e. The summed E-state index contributed by atoms with van der Waals surface area (Å²) in [6, 6.07) is 8.23. The molecule has 1 aliphatic heterocycles. The zero-order valence-corrected chi connectivity index (χ0v) is 15.0. The number of aliphatic hydroxyl groups excluding tert-OH is 1. The van der Waals surface area contributed by atoms with Gasteiger partial charge < -0.3 is 5.11 Å². The second kappa shape index (κ2) is 6.85. The van der Waals surface area contributed by atoms with Crippen molar-refractivity contribution in [2.75, 3.05) is 13.1 Å². The number of likely N-dealkylation sites (tertiary alicyclic amines) is 1. The van der Waals surface area contributed by atoms with E-state index in [1.165, 1.54) is 31.2 Å². The third kappa shape index (κ3) is 3.33. The molecular formula is C21H27N3O. The lowest BCUT2D eigenvalue weighted by Gasteiger charge is -2.42. The first-order chi connectivity index (χ1) is 12.2. The first-order valence-electron chi connectivity index (χ1n) is 9.44. The normalized spacial score (nSPS) is 27.0. The Kier molecular flexibility index (Phi) is 4.57. The summed E-state index contributed by atoms with van der Waals surface area (Å²) in [6.07, 6.45) is 9.48. The maximum absolute atomic E-state index is 10.4. The molecule has 4 rings (SSSR count). The van der Waals surface area contributed by atoms with Crippen LogP contribution in [0.25, 0.3) is 11.4 Å². The van der Waals surface area contributed by atoms with E-state index in [0.29, 0.717) is 0 Å². The van der Waals surface area contributed by atoms with E-state index in [2.05, 4.69) is 33.9 Å². The van der Waals surface area contributed by atoms with Crippen molar-refractivity contribution in [1.82, 2.24) is 14.9 Å². The minimum atomic E-state index is -0.116. The number of rotatable bonds is 3. The molecule has 0 unspecified atom stereocenters. The molecule has 2 aromatic rings. The van der Waals surface area contributed by atoms with Crippen LogP contribution in [0.5, 0.6) is 0 Å². The van der Waals surface area contributed by atoms with Crippen LogP contribution in [0.15, 0.2) is 36.7 Å². The third-order valence-electron chi connectivity index (χ3n) is 6.04. The summed E-state index contributed by atoms with van der Waals surface area (Å²) >= 11 is 0. The van der Waals surface area contributed by atoms with Gasteiger partial charge in [0.15, 0.2) is 5.82 Å². The first kappa shape index (κ1) is 16.7. The molecule has 0 amide bonds. The summed E-state index contributed by atoms with van der Waals surface area (Å²) in [5.74, 6) is 0.795. The van der Waals surface area contributed by atoms with Crippen LogP contribution in [0.3, 0.4) is 0 Å². The molecule has 4 heteroatoms. The van der Waals surface area contributed by atoms with Gasteiger partial charge in [0.2, 0.25) is 0 Å². The van der Waals surface area contributed by atoms with Gasteiger partial charge in [-0.2, -0.15) is 0 Å². The molecule has 2 aliphatic rings. The number of nitrogens with zero attached hydrogens (tertiary/aromatic N) is 3. The molecule has 1 saturated carbocycles. The van der Waals surface area contributed by atoms with Gasteiger partial charge in [-0.3, -0.25) is 4.90 Å². The second-order valence-electron chi connectivity index (χ2n) is 7.81. The number of hydrogen-bond donors (Lipinski definition) is 1. The second-order valence-corrected chi connectivity index (χ2v) is 7.81. The van der Waals surface area contributed by atoms with Crippen LogP contribution < -0.4 is 0 Å². The average molecular weight is 337 g/mol. The molecule has 2 heterocycles. The lowest BCUT2D eigenvalue weighted by Crippen LogP contribution is -2.46. The highest BCUT2D eigenvalue weighted by Crippen LogP contribution is 2.45. The molecule has 1 saturated heterocycles. The van der Waals surface area contributed by atoms with E-state index in [-0.39, 0.29) is 11.5 Å². The fraction of sp³-hybridized carbons (Fsp3) is 0.524. The van der Waals surface area contributed by atoms with E-state index in [4.69, 9.17) is 0 Å². The van der Waals surface area contributed by atoms with Crippen LogP contribution in [0.1, 0.15) is 43.2 Å². The Morgan fingerprint density at radius 1 is 1.16 bits per heavy atom. The van der Waals surface area contributed by atoms with Crippen LogP contribution in [-0.4, -0.2) is 39.2 Å². The summed E-state index contributed by atoms with van der Waals surface area (Å²) in [5, 5.41) is 10.4. The summed E-state index contributed by atoms with van der Waals surface area (Å²) in [6.45, 7) is 5.08. The molecule has 0 radical (unpaired) electrons. The summed E-state index contributed by atoms with van der Waals surface area (Å²) in [7, 11) is 0. The molecular weight excluding hydrogens is 310 g/mol. The molecule has 1 aromatic carbocycles. The van der Waals surface area contributed by atoms with Gasteiger partial charge in [0.25, 0.3) is 0 Å². The number of aromatic nitrogens is 2. The van der Waals surface area contributed by atoms with Gasteiger partial charge in [-0.1, -0.05) is 30.7 Å². The SMILES string of the molecule is Cc1ccccc1-c1ncc(CN2CCC[C@@]3(CCC[C@H]3O)C2)cn1. The monoisotopic (exact) mass is 337 g/mol. The van der Waals surface area contributed by atoms with Gasteiger partial charge in [-0.25, -0.2) is 9.97 Å². The Hall–Kier alpha value is -1.78. The van der Waals surface area contributed by atoms with Crippen LogP contribution in [0.2, 0.25) is 0 Å². The lowest BCUT2D eigenvalue weighted by molar-refractivity contribution is -0.0120. The van der Waals surface area contributed by atoms with Gasteiger partial charge in [0, 0.05) is 42.0 Å². The highest BCUT2D eigenvalue weighted by Gasteiger charge is 2.44. The molecule has 1 spiro atoms. The van der Waals surface area contributed by atoms with Crippen LogP contribution in [0, 0.1) is 12.3 Å². The predicted molar refractivity (Wildman–Crippen MR) is 99.0 cm³/mol. The predicted octanol–water partition coefficient (Wildman–Crippen LogP) is 3.58. The number of aliphatic hydroxyl groups is 1. The fourth-order valence-electron chi connectivity index (χ4n) is 4.65. The largest absolute Gasteiger partial charge is 0.393 e. The summed E-state index contributed by atoms with van der Waals surface area (Å²) < 4.78 is 0. The maximum atomic E-state index is 10.4. The molecule has 4 nitrogen and oxygen atoms in total. The summed E-state index contributed by atoms with van der Waals surface area (Å²) in [5.41, 5.74) is 3.59. The van der Waals surface area contributed by atoms with E-state index in [1.807, 2.05) is 24.5 Å². The van der Waals surface area contributed by atoms with E-state index in [9.17, 15) is 5.11 Å². The lowest BCUT2D eigenvalue weighted by atomic mass is 9.76. The Morgan fingerprint density at radius 3 is 2.64 bits per heavy atom. The molecule has 132 valence electrons. The van der Waals surface area contributed by atoms with Crippen molar-refractivity contribution in [1.29, 1.82) is 0 Å². The first-order valence-corrected chi connectivity index (χ1v) is 9.44. The molecule has 2 atom stereocenters. The minimum Gasteiger partial charge on any atom is -0.393 e. The number of aryl methyl sites for hydroxylation is 1. The number of hydrogen-bond acceptors (Lipinski definition) is 4. The molecule has 1 N–H and O–H groups in total. The van der Waals surface area contributed by atoms with Gasteiger partial charge in [0.1, 0.15) is 0 Å². The van der Waals surface area contributed by atoms with Crippen molar-refractivity contribution in [2.24, 2.45) is 5.41 Å². The van der Waals surface area contributed by atoms with E-state index in [0.717, 1.165) is 43.0 Å². The van der Waals surface area contributed by atoms with Crippen LogP contribution in [0.4, 0.5) is 0 Å². The highest BCUT2D eigenvalue weighted by atomic mass is 16.3. The molecule has 1 aliphatic carbocycles. The summed E-state index contributed by atoms with van der Waals surface area (Å²) in [4.78, 5) is 11.7. The van der Waals surface area contributed by atoms with Crippen molar-refractivity contribution >= 4 is 0 Å². The molecule has 25 heavy (non-hydrogen) atoms. The smallest absolute Gasteiger partial charge is 0.159 e. The van der Waals surface area contributed by atoms with Crippen molar-refractivity contribution in [3.63, 3.8) is 0 Å². The van der Waals surface area contributed by atoms with Gasteiger partial charge in [-0.05, 0) is 44.7 Å². The fourth-order valence-corrected chi connectivity index (χ4v) is 4.65. The highest BCUT2D eigenvalue weighted by molar-refractivity contribution is 5.59. The quantitative estimate of drug-likeness (QED) is 0.930. The van der Waals surface area contributed by atoms with Gasteiger partial charge >= 0.3 is 0 Å². The van der Waals surface area contributed by atoms with E-state index in [1.54, 1.807) is 0 Å². The van der Waals surface area contributed by atoms with Gasteiger partial charge in [-0.15, -0.1) is 0 Å². The molecule has 0 bridgehead atoms. The number of benzene rings is 1. The van der Waals surface area contributed by atoms with E-state index >= 15 is 0 Å². The van der Waals surface area contributed by atoms with Crippen molar-refractivity contribution in [2.45, 2.75) is 51.7 Å². The van der Waals surface area contributed by atoms with Crippen LogP contribution >= 0.6 is 0 Å². The van der Waals surface area contributed by atoms with Crippen molar-refractivity contribution in [3.8, 4) is 11.4 Å². The Bertz CT molecular complexity index is 730. The van der Waals surface area contributed by atoms with Crippen molar-refractivity contribution in [3.05, 3.63) is 47.8 Å².